The number of nitrogens with one attached hydrogen (secondary N) is 1. The van der Waals surface area contributed by atoms with Gasteiger partial charge in [0.25, 0.3) is 5.91 Å². The number of benzene rings is 2. The summed E-state index contributed by atoms with van der Waals surface area (Å²) in [6, 6.07) is 12.3. The Hall–Kier alpha value is -3.35. The Morgan fingerprint density at radius 3 is 2.79 bits per heavy atom. The summed E-state index contributed by atoms with van der Waals surface area (Å²) in [6.07, 6.45) is 0.799. The topological polar surface area (TPSA) is 79.0 Å². The number of fused-ring (bicyclic) bond motifs is 1. The summed E-state index contributed by atoms with van der Waals surface area (Å²) >= 11 is 0. The molecule has 1 unspecified atom stereocenters. The molecule has 3 amide bonds. The number of carbonyl (C=O) groups excluding carboxylic acids is 3. The van der Waals surface area contributed by atoms with Crippen molar-refractivity contribution < 1.29 is 19.1 Å². The number of amides is 3. The van der Waals surface area contributed by atoms with Crippen LogP contribution in [0.5, 0.6) is 5.75 Å². The minimum Gasteiger partial charge on any atom is -0.496 e. The maximum Gasteiger partial charge on any atom is 0.254 e. The highest BCUT2D eigenvalue weighted by molar-refractivity contribution is 6.02. The first kappa shape index (κ1) is 19.0. The van der Waals surface area contributed by atoms with Gasteiger partial charge in [0.1, 0.15) is 11.8 Å². The summed E-state index contributed by atoms with van der Waals surface area (Å²) in [5, 5.41) is 2.88. The summed E-state index contributed by atoms with van der Waals surface area (Å²) < 4.78 is 5.37. The predicted molar refractivity (Wildman–Crippen MR) is 107 cm³/mol. The molecule has 0 saturated carbocycles. The Labute approximate surface area is 169 Å². The van der Waals surface area contributed by atoms with Gasteiger partial charge in [0.05, 0.1) is 13.7 Å². The minimum atomic E-state index is -0.556. The number of methoxy groups -OCH3 is 1. The molecule has 2 aliphatic rings. The van der Waals surface area contributed by atoms with Crippen LogP contribution < -0.4 is 10.1 Å². The molecule has 7 nitrogen and oxygen atoms in total. The molecule has 0 bridgehead atoms. The zero-order valence-electron chi connectivity index (χ0n) is 16.5. The van der Waals surface area contributed by atoms with Crippen LogP contribution >= 0.6 is 0 Å². The fourth-order valence-electron chi connectivity index (χ4n) is 3.97. The van der Waals surface area contributed by atoms with E-state index in [1.165, 1.54) is 0 Å². The van der Waals surface area contributed by atoms with Crippen LogP contribution in [0.1, 0.15) is 34.3 Å². The summed E-state index contributed by atoms with van der Waals surface area (Å²) in [5.74, 6) is 0.337. The van der Waals surface area contributed by atoms with E-state index < -0.39 is 6.04 Å². The Morgan fingerprint density at radius 2 is 2.00 bits per heavy atom. The third kappa shape index (κ3) is 3.55. The highest BCUT2D eigenvalue weighted by atomic mass is 16.5. The maximum absolute atomic E-state index is 12.9. The lowest BCUT2D eigenvalue weighted by Crippen LogP contribution is -2.41. The highest BCUT2D eigenvalue weighted by Crippen LogP contribution is 2.28. The van der Waals surface area contributed by atoms with Crippen molar-refractivity contribution in [3.8, 4) is 5.75 Å². The third-order valence-corrected chi connectivity index (χ3v) is 5.53. The first-order valence-electron chi connectivity index (χ1n) is 9.58. The number of ether oxygens (including phenoxy) is 1. The minimum absolute atomic E-state index is 0.0510. The molecular formula is C22H23N3O4. The molecule has 7 heteroatoms. The van der Waals surface area contributed by atoms with E-state index in [2.05, 4.69) is 5.32 Å². The molecule has 0 aliphatic carbocycles. The monoisotopic (exact) mass is 393 g/mol. The highest BCUT2D eigenvalue weighted by Gasteiger charge is 2.36. The number of carbonyl (C=O) groups is 3. The van der Waals surface area contributed by atoms with Gasteiger partial charge in [-0.2, -0.15) is 0 Å². The first-order chi connectivity index (χ1) is 14.0. The largest absolute Gasteiger partial charge is 0.496 e. The van der Waals surface area contributed by atoms with Crippen LogP contribution in [0.3, 0.4) is 0 Å². The fourth-order valence-corrected chi connectivity index (χ4v) is 3.97. The summed E-state index contributed by atoms with van der Waals surface area (Å²) in [7, 11) is 3.34. The van der Waals surface area contributed by atoms with Gasteiger partial charge in [0, 0.05) is 36.8 Å². The van der Waals surface area contributed by atoms with Crippen LogP contribution in [0.2, 0.25) is 0 Å². The summed E-state index contributed by atoms with van der Waals surface area (Å²) in [5.41, 5.74) is 2.98. The third-order valence-electron chi connectivity index (χ3n) is 5.53. The number of likely N-dealkylation sites (tertiary alicyclic amines) is 1. The van der Waals surface area contributed by atoms with Crippen LogP contribution in [-0.4, -0.2) is 47.7 Å². The zero-order valence-corrected chi connectivity index (χ0v) is 16.5. The lowest BCUT2D eigenvalue weighted by molar-refractivity contribution is -0.133. The lowest BCUT2D eigenvalue weighted by atomic mass is 10.1. The average Bonchev–Trinajstić information content (AvgIpc) is 3.22. The van der Waals surface area contributed by atoms with Crippen molar-refractivity contribution in [3.63, 3.8) is 0 Å². The van der Waals surface area contributed by atoms with Gasteiger partial charge in [-0.05, 0) is 30.2 Å². The molecule has 0 radical (unpaired) electrons. The van der Waals surface area contributed by atoms with Crippen molar-refractivity contribution >= 4 is 23.4 Å². The lowest BCUT2D eigenvalue weighted by Gasteiger charge is -2.25. The fraction of sp³-hybridized carbons (Fsp3) is 0.318. The van der Waals surface area contributed by atoms with Crippen molar-refractivity contribution in [1.29, 1.82) is 0 Å². The van der Waals surface area contributed by atoms with E-state index in [0.717, 1.165) is 11.1 Å². The summed E-state index contributed by atoms with van der Waals surface area (Å²) in [6.45, 7) is 0.889. The molecule has 2 aliphatic heterocycles. The number of para-hydroxylation sites is 1. The van der Waals surface area contributed by atoms with Gasteiger partial charge in [-0.25, -0.2) is 0 Å². The second-order valence-electron chi connectivity index (χ2n) is 7.41. The van der Waals surface area contributed by atoms with E-state index in [-0.39, 0.29) is 17.7 Å². The number of rotatable bonds is 5. The number of hydrogen-bond acceptors (Lipinski definition) is 4. The van der Waals surface area contributed by atoms with E-state index in [4.69, 9.17) is 4.74 Å². The van der Waals surface area contributed by atoms with Crippen LogP contribution in [0.15, 0.2) is 42.5 Å². The Morgan fingerprint density at radius 1 is 1.21 bits per heavy atom. The van der Waals surface area contributed by atoms with Gasteiger partial charge in [0.2, 0.25) is 11.8 Å². The normalized spacial score (nSPS) is 18.2. The van der Waals surface area contributed by atoms with Gasteiger partial charge >= 0.3 is 0 Å². The molecule has 1 saturated heterocycles. The first-order valence-corrected chi connectivity index (χ1v) is 9.58. The van der Waals surface area contributed by atoms with Crippen molar-refractivity contribution in [1.82, 2.24) is 9.80 Å². The smallest absolute Gasteiger partial charge is 0.254 e. The second kappa shape index (κ2) is 7.58. The molecule has 1 N–H and O–H groups in total. The van der Waals surface area contributed by atoms with E-state index >= 15 is 0 Å². The molecule has 0 aromatic heterocycles. The van der Waals surface area contributed by atoms with Gasteiger partial charge in [-0.1, -0.05) is 24.3 Å². The van der Waals surface area contributed by atoms with Crippen molar-refractivity contribution in [2.45, 2.75) is 32.0 Å². The van der Waals surface area contributed by atoms with Crippen LogP contribution in [0, 0.1) is 0 Å². The average molecular weight is 393 g/mol. The standard InChI is InChI=1S/C22H23N3O4/c1-24-12-14-7-8-16(11-17(14)22(24)28)23-21(27)18-9-10-20(26)25(18)13-15-5-3-4-6-19(15)29-2/h3-8,11,18H,9-10,12-13H2,1-2H3,(H,23,27). The molecule has 2 aromatic carbocycles. The summed E-state index contributed by atoms with van der Waals surface area (Å²) in [4.78, 5) is 40.8. The molecule has 4 rings (SSSR count). The Bertz CT molecular complexity index is 988. The van der Waals surface area contributed by atoms with Gasteiger partial charge in [-0.15, -0.1) is 0 Å². The van der Waals surface area contributed by atoms with Crippen molar-refractivity contribution in [3.05, 3.63) is 59.2 Å². The Balaban J connectivity index is 1.51. The molecular weight excluding hydrogens is 370 g/mol. The van der Waals surface area contributed by atoms with E-state index in [1.807, 2.05) is 30.3 Å². The molecule has 2 heterocycles. The van der Waals surface area contributed by atoms with Gasteiger partial charge in [-0.3, -0.25) is 14.4 Å². The molecule has 150 valence electrons. The van der Waals surface area contributed by atoms with E-state index in [0.29, 0.717) is 42.9 Å². The van der Waals surface area contributed by atoms with Crippen LogP contribution in [0.25, 0.3) is 0 Å². The molecule has 1 atom stereocenters. The number of hydrogen-bond donors (Lipinski definition) is 1. The second-order valence-corrected chi connectivity index (χ2v) is 7.41. The van der Waals surface area contributed by atoms with Gasteiger partial charge < -0.3 is 19.9 Å². The van der Waals surface area contributed by atoms with E-state index in [9.17, 15) is 14.4 Å². The SMILES string of the molecule is COc1ccccc1CN1C(=O)CCC1C(=O)Nc1ccc2c(c1)C(=O)N(C)C2. The molecule has 2 aromatic rings. The maximum atomic E-state index is 12.9. The quantitative estimate of drug-likeness (QED) is 0.846. The molecule has 29 heavy (non-hydrogen) atoms. The van der Waals surface area contributed by atoms with Crippen molar-refractivity contribution in [2.75, 3.05) is 19.5 Å². The van der Waals surface area contributed by atoms with Crippen LogP contribution in [-0.2, 0) is 22.7 Å². The number of nitrogens with zero attached hydrogens (tertiary/aromatic N) is 2. The number of anilines is 1. The van der Waals surface area contributed by atoms with Crippen molar-refractivity contribution in [2.24, 2.45) is 0 Å². The Kier molecular flexibility index (Phi) is 4.96. The van der Waals surface area contributed by atoms with E-state index in [1.54, 1.807) is 36.1 Å². The van der Waals surface area contributed by atoms with Crippen LogP contribution in [0.4, 0.5) is 5.69 Å². The molecule has 1 fully saturated rings. The zero-order chi connectivity index (χ0) is 20.5. The van der Waals surface area contributed by atoms with Gasteiger partial charge in [0.15, 0.2) is 0 Å². The predicted octanol–water partition coefficient (Wildman–Crippen LogP) is 2.41. The molecule has 0 spiro atoms.